The first-order chi connectivity index (χ1) is 7.84. The fourth-order valence-corrected chi connectivity index (χ4v) is 1.15. The number of anilines is 1. The number of alkyl halides is 3. The molecule has 3 nitrogen and oxygen atoms in total. The van der Waals surface area contributed by atoms with Crippen LogP contribution in [0.15, 0.2) is 24.3 Å². The highest BCUT2D eigenvalue weighted by molar-refractivity contribution is 5.98. The molecule has 0 fully saturated rings. The van der Waals surface area contributed by atoms with Crippen LogP contribution in [0.3, 0.4) is 0 Å². The Hall–Kier alpha value is -1.85. The van der Waals surface area contributed by atoms with Crippen LogP contribution in [-0.4, -0.2) is 17.9 Å². The van der Waals surface area contributed by atoms with Crippen LogP contribution in [0.1, 0.15) is 23.7 Å². The Morgan fingerprint density at radius 1 is 1.18 bits per heavy atom. The number of amides is 1. The van der Waals surface area contributed by atoms with E-state index in [9.17, 15) is 22.8 Å². The standard InChI is InChI=1S/C11H10F3NO2/c1-2-9(16)7-3-5-8(6-4-7)15-10(17)11(12,13)14/h3-6H,2H2,1H3,(H,15,17). The largest absolute Gasteiger partial charge is 0.471 e. The van der Waals surface area contributed by atoms with E-state index in [0.717, 1.165) is 0 Å². The van der Waals surface area contributed by atoms with Gasteiger partial charge in [-0.2, -0.15) is 13.2 Å². The maximum atomic E-state index is 11.9. The van der Waals surface area contributed by atoms with Crippen molar-refractivity contribution >= 4 is 17.4 Å². The molecule has 0 aliphatic carbocycles. The van der Waals surface area contributed by atoms with Gasteiger partial charge in [0.15, 0.2) is 5.78 Å². The summed E-state index contributed by atoms with van der Waals surface area (Å²) in [6, 6.07) is 5.26. The highest BCUT2D eigenvalue weighted by Crippen LogP contribution is 2.18. The molecule has 0 aromatic heterocycles. The summed E-state index contributed by atoms with van der Waals surface area (Å²) in [7, 11) is 0. The molecule has 0 spiro atoms. The van der Waals surface area contributed by atoms with Gasteiger partial charge in [0.25, 0.3) is 0 Å². The van der Waals surface area contributed by atoms with E-state index in [1.807, 2.05) is 0 Å². The second kappa shape index (κ2) is 4.99. The summed E-state index contributed by atoms with van der Waals surface area (Å²) in [5.74, 6) is -2.15. The summed E-state index contributed by atoms with van der Waals surface area (Å²) in [6.45, 7) is 1.68. The number of carbonyl (C=O) groups excluding carboxylic acids is 2. The zero-order chi connectivity index (χ0) is 13.1. The lowest BCUT2D eigenvalue weighted by atomic mass is 10.1. The van der Waals surface area contributed by atoms with Gasteiger partial charge in [-0.15, -0.1) is 0 Å². The van der Waals surface area contributed by atoms with Crippen LogP contribution in [0.5, 0.6) is 0 Å². The summed E-state index contributed by atoms with van der Waals surface area (Å²) >= 11 is 0. The van der Waals surface area contributed by atoms with Crippen LogP contribution in [0.4, 0.5) is 18.9 Å². The van der Waals surface area contributed by atoms with Gasteiger partial charge in [0.1, 0.15) is 0 Å². The smallest absolute Gasteiger partial charge is 0.318 e. The van der Waals surface area contributed by atoms with Crippen molar-refractivity contribution < 1.29 is 22.8 Å². The molecule has 1 N–H and O–H groups in total. The molecule has 1 aromatic rings. The Morgan fingerprint density at radius 2 is 1.71 bits per heavy atom. The minimum absolute atomic E-state index is 0.0000203. The number of hydrogen-bond acceptors (Lipinski definition) is 2. The summed E-state index contributed by atoms with van der Waals surface area (Å²) in [5.41, 5.74) is 0.400. The molecule has 0 saturated carbocycles. The van der Waals surface area contributed by atoms with Crippen LogP contribution in [-0.2, 0) is 4.79 Å². The number of ketones is 1. The van der Waals surface area contributed by atoms with E-state index in [4.69, 9.17) is 0 Å². The van der Waals surface area contributed by atoms with E-state index in [-0.39, 0.29) is 11.5 Å². The molecular weight excluding hydrogens is 235 g/mol. The maximum Gasteiger partial charge on any atom is 0.471 e. The zero-order valence-electron chi connectivity index (χ0n) is 8.97. The van der Waals surface area contributed by atoms with Gasteiger partial charge in [0.2, 0.25) is 0 Å². The first-order valence-corrected chi connectivity index (χ1v) is 4.86. The molecule has 0 atom stereocenters. The number of hydrogen-bond donors (Lipinski definition) is 1. The van der Waals surface area contributed by atoms with E-state index >= 15 is 0 Å². The van der Waals surface area contributed by atoms with Crippen LogP contribution in [0.25, 0.3) is 0 Å². The van der Waals surface area contributed by atoms with E-state index < -0.39 is 12.1 Å². The Bertz CT molecular complexity index is 423. The number of Topliss-reactive ketones (excluding diaryl/α,β-unsaturated/α-hetero) is 1. The molecule has 0 aliphatic heterocycles. The molecule has 0 unspecified atom stereocenters. The molecular formula is C11H10F3NO2. The summed E-state index contributed by atoms with van der Waals surface area (Å²) in [4.78, 5) is 21.8. The first kappa shape index (κ1) is 13.2. The van der Waals surface area contributed by atoms with Crippen molar-refractivity contribution in [3.05, 3.63) is 29.8 Å². The normalized spacial score (nSPS) is 11.1. The topological polar surface area (TPSA) is 46.2 Å². The van der Waals surface area contributed by atoms with Crippen molar-refractivity contribution in [1.82, 2.24) is 0 Å². The second-order valence-corrected chi connectivity index (χ2v) is 3.31. The van der Waals surface area contributed by atoms with Crippen molar-refractivity contribution in [2.24, 2.45) is 0 Å². The highest BCUT2D eigenvalue weighted by Gasteiger charge is 2.38. The van der Waals surface area contributed by atoms with E-state index in [1.165, 1.54) is 24.3 Å². The molecule has 0 aliphatic rings. The zero-order valence-corrected chi connectivity index (χ0v) is 8.97. The Morgan fingerprint density at radius 3 is 2.12 bits per heavy atom. The van der Waals surface area contributed by atoms with Crippen molar-refractivity contribution in [3.63, 3.8) is 0 Å². The van der Waals surface area contributed by atoms with Gasteiger partial charge in [0, 0.05) is 17.7 Å². The predicted molar refractivity (Wildman–Crippen MR) is 55.7 cm³/mol. The number of rotatable bonds is 3. The maximum absolute atomic E-state index is 11.9. The average molecular weight is 245 g/mol. The summed E-state index contributed by atoms with van der Waals surface area (Å²) in [5, 5.41) is 1.69. The van der Waals surface area contributed by atoms with Crippen molar-refractivity contribution in [1.29, 1.82) is 0 Å². The number of benzene rings is 1. The predicted octanol–water partition coefficient (Wildman–Crippen LogP) is 2.78. The molecule has 0 heterocycles. The van der Waals surface area contributed by atoms with E-state index in [0.29, 0.717) is 12.0 Å². The summed E-state index contributed by atoms with van der Waals surface area (Å²) < 4.78 is 35.8. The monoisotopic (exact) mass is 245 g/mol. The van der Waals surface area contributed by atoms with E-state index in [2.05, 4.69) is 0 Å². The first-order valence-electron chi connectivity index (χ1n) is 4.86. The van der Waals surface area contributed by atoms with Gasteiger partial charge in [-0.1, -0.05) is 6.92 Å². The van der Waals surface area contributed by atoms with Crippen molar-refractivity contribution in [2.75, 3.05) is 5.32 Å². The van der Waals surface area contributed by atoms with Crippen molar-refractivity contribution in [3.8, 4) is 0 Å². The SMILES string of the molecule is CCC(=O)c1ccc(NC(=O)C(F)(F)F)cc1. The molecule has 1 amide bonds. The third-order valence-electron chi connectivity index (χ3n) is 2.04. The summed E-state index contributed by atoms with van der Waals surface area (Å²) in [6.07, 6.45) is -4.60. The fraction of sp³-hybridized carbons (Fsp3) is 0.273. The van der Waals surface area contributed by atoms with Crippen LogP contribution in [0, 0.1) is 0 Å². The second-order valence-electron chi connectivity index (χ2n) is 3.31. The molecule has 6 heteroatoms. The van der Waals surface area contributed by atoms with Crippen LogP contribution in [0.2, 0.25) is 0 Å². The van der Waals surface area contributed by atoms with Gasteiger partial charge >= 0.3 is 12.1 Å². The fourth-order valence-electron chi connectivity index (χ4n) is 1.15. The van der Waals surface area contributed by atoms with Crippen molar-refractivity contribution in [2.45, 2.75) is 19.5 Å². The van der Waals surface area contributed by atoms with Gasteiger partial charge in [-0.05, 0) is 24.3 Å². The van der Waals surface area contributed by atoms with Crippen LogP contribution >= 0.6 is 0 Å². The lowest BCUT2D eigenvalue weighted by molar-refractivity contribution is -0.167. The Balaban J connectivity index is 2.76. The highest BCUT2D eigenvalue weighted by atomic mass is 19.4. The molecule has 1 aromatic carbocycles. The molecule has 92 valence electrons. The van der Waals surface area contributed by atoms with Crippen LogP contribution < -0.4 is 5.32 Å². The molecule has 1 rings (SSSR count). The Kier molecular flexibility index (Phi) is 3.88. The quantitative estimate of drug-likeness (QED) is 0.832. The number of halogens is 3. The van der Waals surface area contributed by atoms with Gasteiger partial charge < -0.3 is 5.32 Å². The van der Waals surface area contributed by atoms with E-state index in [1.54, 1.807) is 12.2 Å². The minimum atomic E-state index is -4.92. The lowest BCUT2D eigenvalue weighted by Gasteiger charge is -2.08. The third kappa shape index (κ3) is 3.58. The minimum Gasteiger partial charge on any atom is -0.318 e. The molecule has 17 heavy (non-hydrogen) atoms. The lowest BCUT2D eigenvalue weighted by Crippen LogP contribution is -2.29. The molecule has 0 bridgehead atoms. The number of carbonyl (C=O) groups is 2. The Labute approximate surface area is 95.6 Å². The average Bonchev–Trinajstić information content (AvgIpc) is 2.27. The van der Waals surface area contributed by atoms with Gasteiger partial charge in [-0.3, -0.25) is 9.59 Å². The number of nitrogens with one attached hydrogen (secondary N) is 1. The third-order valence-corrected chi connectivity index (χ3v) is 2.04. The molecule has 0 saturated heterocycles. The van der Waals surface area contributed by atoms with Gasteiger partial charge in [-0.25, -0.2) is 0 Å². The molecule has 0 radical (unpaired) electrons. The van der Waals surface area contributed by atoms with Gasteiger partial charge in [0.05, 0.1) is 0 Å².